The van der Waals surface area contributed by atoms with Crippen LogP contribution in [0.5, 0.6) is 0 Å². The van der Waals surface area contributed by atoms with Crippen LogP contribution in [0, 0.1) is 0 Å². The standard InChI is InChI=1S/C18H20N2O4S3/c1-3-19-13-9-5-7-11-15(13)25-17(19)23-27(21,22)24-18-20(4-2)14-10-6-8-12-16(14)26-18/h5-12,17-18H,3-4H2,1-2H3. The van der Waals surface area contributed by atoms with Crippen LogP contribution in [-0.4, -0.2) is 32.6 Å². The summed E-state index contributed by atoms with van der Waals surface area (Å²) in [7, 11) is -4.19. The van der Waals surface area contributed by atoms with Gasteiger partial charge in [-0.25, -0.2) is 8.37 Å². The molecule has 0 bridgehead atoms. The highest BCUT2D eigenvalue weighted by molar-refractivity contribution is 8.01. The molecule has 2 aliphatic rings. The van der Waals surface area contributed by atoms with Crippen molar-refractivity contribution in [3.8, 4) is 0 Å². The lowest BCUT2D eigenvalue weighted by molar-refractivity contribution is 0.189. The van der Waals surface area contributed by atoms with Crippen molar-refractivity contribution in [2.45, 2.75) is 34.8 Å². The topological polar surface area (TPSA) is 59.1 Å². The maximum Gasteiger partial charge on any atom is 0.405 e. The summed E-state index contributed by atoms with van der Waals surface area (Å²) in [6.07, 6.45) is 0. The van der Waals surface area contributed by atoms with Crippen molar-refractivity contribution in [1.82, 2.24) is 0 Å². The molecule has 144 valence electrons. The predicted molar refractivity (Wildman–Crippen MR) is 109 cm³/mol. The minimum atomic E-state index is -4.19. The molecule has 2 atom stereocenters. The molecule has 4 rings (SSSR count). The number of anilines is 2. The minimum Gasteiger partial charge on any atom is -0.335 e. The van der Waals surface area contributed by atoms with Gasteiger partial charge in [0.15, 0.2) is 0 Å². The number of rotatable bonds is 6. The van der Waals surface area contributed by atoms with Gasteiger partial charge >= 0.3 is 10.4 Å². The molecule has 0 aromatic heterocycles. The highest BCUT2D eigenvalue weighted by Crippen LogP contribution is 2.46. The Morgan fingerprint density at radius 3 is 1.63 bits per heavy atom. The number of benzene rings is 2. The van der Waals surface area contributed by atoms with Gasteiger partial charge in [-0.05, 0) is 38.1 Å². The van der Waals surface area contributed by atoms with E-state index in [2.05, 4.69) is 0 Å². The Morgan fingerprint density at radius 1 is 0.815 bits per heavy atom. The number of hydrogen-bond donors (Lipinski definition) is 0. The highest BCUT2D eigenvalue weighted by atomic mass is 32.3. The van der Waals surface area contributed by atoms with E-state index >= 15 is 0 Å². The molecule has 2 heterocycles. The Balaban J connectivity index is 1.49. The van der Waals surface area contributed by atoms with Gasteiger partial charge in [-0.15, -0.1) is 0 Å². The fourth-order valence-corrected chi connectivity index (χ4v) is 6.85. The minimum absolute atomic E-state index is 0.634. The highest BCUT2D eigenvalue weighted by Gasteiger charge is 2.38. The van der Waals surface area contributed by atoms with E-state index in [0.29, 0.717) is 13.1 Å². The van der Waals surface area contributed by atoms with Crippen LogP contribution in [0.25, 0.3) is 0 Å². The Morgan fingerprint density at radius 2 is 1.22 bits per heavy atom. The van der Waals surface area contributed by atoms with Gasteiger partial charge in [0, 0.05) is 22.9 Å². The third-order valence-electron chi connectivity index (χ3n) is 4.40. The van der Waals surface area contributed by atoms with Gasteiger partial charge < -0.3 is 9.80 Å². The maximum atomic E-state index is 12.6. The molecule has 0 saturated carbocycles. The fraction of sp³-hybridized carbons (Fsp3) is 0.333. The maximum absolute atomic E-state index is 12.6. The van der Waals surface area contributed by atoms with Gasteiger partial charge in [-0.2, -0.15) is 8.42 Å². The van der Waals surface area contributed by atoms with Crippen LogP contribution in [0.2, 0.25) is 0 Å². The second-order valence-corrected chi connectivity index (χ2v) is 9.32. The lowest BCUT2D eigenvalue weighted by Gasteiger charge is -2.27. The molecule has 6 nitrogen and oxygen atoms in total. The normalized spacial score (nSPS) is 21.4. The first-order chi connectivity index (χ1) is 13.0. The molecule has 0 saturated heterocycles. The quantitative estimate of drug-likeness (QED) is 0.687. The Bertz CT molecular complexity index is 868. The van der Waals surface area contributed by atoms with Gasteiger partial charge in [0.2, 0.25) is 11.1 Å². The monoisotopic (exact) mass is 424 g/mol. The molecule has 9 heteroatoms. The van der Waals surface area contributed by atoms with E-state index in [9.17, 15) is 8.42 Å². The molecule has 0 fully saturated rings. The predicted octanol–water partition coefficient (Wildman–Crippen LogP) is 4.10. The molecule has 2 aromatic carbocycles. The third-order valence-corrected chi connectivity index (χ3v) is 7.78. The average molecular weight is 425 g/mol. The molecule has 0 aliphatic carbocycles. The van der Waals surface area contributed by atoms with Gasteiger partial charge in [0.05, 0.1) is 11.4 Å². The zero-order chi connectivity index (χ0) is 19.0. The van der Waals surface area contributed by atoms with Crippen molar-refractivity contribution in [1.29, 1.82) is 0 Å². The number of thioether (sulfide) groups is 2. The lowest BCUT2D eigenvalue weighted by atomic mass is 10.3. The molecule has 0 radical (unpaired) electrons. The van der Waals surface area contributed by atoms with Crippen molar-refractivity contribution >= 4 is 45.3 Å². The summed E-state index contributed by atoms with van der Waals surface area (Å²) < 4.78 is 36.2. The van der Waals surface area contributed by atoms with Crippen molar-refractivity contribution in [3.05, 3.63) is 48.5 Å². The lowest BCUT2D eigenvalue weighted by Crippen LogP contribution is -2.37. The fourth-order valence-electron chi connectivity index (χ4n) is 3.17. The summed E-state index contributed by atoms with van der Waals surface area (Å²) >= 11 is 2.74. The van der Waals surface area contributed by atoms with Crippen LogP contribution in [-0.2, 0) is 18.8 Å². The first-order valence-corrected chi connectivity index (χ1v) is 11.8. The molecule has 0 amide bonds. The van der Waals surface area contributed by atoms with Gasteiger partial charge in [0.25, 0.3) is 0 Å². The van der Waals surface area contributed by atoms with Crippen LogP contribution in [0.4, 0.5) is 11.4 Å². The summed E-state index contributed by atoms with van der Waals surface area (Å²) in [5, 5.41) is 0. The number of nitrogens with zero attached hydrogens (tertiary/aromatic N) is 2. The molecule has 0 N–H and O–H groups in total. The number of fused-ring (bicyclic) bond motifs is 2. The van der Waals surface area contributed by atoms with E-state index in [1.54, 1.807) is 0 Å². The van der Waals surface area contributed by atoms with E-state index in [-0.39, 0.29) is 0 Å². The average Bonchev–Trinajstić information content (AvgIpc) is 3.16. The van der Waals surface area contributed by atoms with Crippen molar-refractivity contribution in [2.75, 3.05) is 22.9 Å². The SMILES string of the molecule is CCN1c2ccccc2SC1OS(=O)(=O)OC1Sc2ccccc2N1CC. The Hall–Kier alpha value is -1.39. The summed E-state index contributed by atoms with van der Waals surface area (Å²) in [6.45, 7) is 5.20. The van der Waals surface area contributed by atoms with Crippen LogP contribution in [0.1, 0.15) is 13.8 Å². The van der Waals surface area contributed by atoms with Crippen molar-refractivity contribution in [2.24, 2.45) is 0 Å². The zero-order valence-electron chi connectivity index (χ0n) is 14.9. The van der Waals surface area contributed by atoms with Crippen LogP contribution < -0.4 is 9.80 Å². The van der Waals surface area contributed by atoms with Gasteiger partial charge in [-0.3, -0.25) is 0 Å². The second kappa shape index (κ2) is 7.56. The summed E-state index contributed by atoms with van der Waals surface area (Å²) in [5.74, 6) is 0. The van der Waals surface area contributed by atoms with Crippen LogP contribution in [0.15, 0.2) is 58.3 Å². The zero-order valence-corrected chi connectivity index (χ0v) is 17.4. The van der Waals surface area contributed by atoms with Crippen LogP contribution in [0.3, 0.4) is 0 Å². The van der Waals surface area contributed by atoms with Gasteiger partial charge in [-0.1, -0.05) is 47.8 Å². The molecule has 2 aliphatic heterocycles. The van der Waals surface area contributed by atoms with Crippen molar-refractivity contribution in [3.63, 3.8) is 0 Å². The molecular formula is C18H20N2O4S3. The largest absolute Gasteiger partial charge is 0.405 e. The smallest absolute Gasteiger partial charge is 0.335 e. The van der Waals surface area contributed by atoms with E-state index < -0.39 is 21.5 Å². The number of hydrogen-bond acceptors (Lipinski definition) is 8. The summed E-state index contributed by atoms with van der Waals surface area (Å²) in [5.41, 5.74) is 0.619. The summed E-state index contributed by atoms with van der Waals surface area (Å²) in [6, 6.07) is 15.6. The number of para-hydroxylation sites is 2. The molecule has 0 spiro atoms. The molecular weight excluding hydrogens is 404 g/mol. The van der Waals surface area contributed by atoms with Gasteiger partial charge in [0.1, 0.15) is 0 Å². The second-order valence-electron chi connectivity index (χ2n) is 5.96. The first-order valence-electron chi connectivity index (χ1n) is 8.68. The molecule has 2 unspecified atom stereocenters. The molecule has 2 aromatic rings. The Kier molecular flexibility index (Phi) is 5.30. The molecule has 27 heavy (non-hydrogen) atoms. The Labute approximate surface area is 168 Å². The van der Waals surface area contributed by atoms with Crippen molar-refractivity contribution < 1.29 is 16.8 Å². The van der Waals surface area contributed by atoms with Crippen LogP contribution >= 0.6 is 23.5 Å². The summed E-state index contributed by atoms with van der Waals surface area (Å²) in [4.78, 5) is 5.82. The first kappa shape index (κ1) is 18.9. The van der Waals surface area contributed by atoms with E-state index in [4.69, 9.17) is 8.37 Å². The van der Waals surface area contributed by atoms with E-state index in [1.165, 1.54) is 23.5 Å². The van der Waals surface area contributed by atoms with E-state index in [0.717, 1.165) is 21.2 Å². The third kappa shape index (κ3) is 3.66. The van der Waals surface area contributed by atoms with E-state index in [1.807, 2.05) is 72.2 Å².